The highest BCUT2D eigenvalue weighted by Gasteiger charge is 2.21. The lowest BCUT2D eigenvalue weighted by atomic mass is 9.99. The lowest BCUT2D eigenvalue weighted by molar-refractivity contribution is 0.0735. The van der Waals surface area contributed by atoms with E-state index < -0.39 is 0 Å². The van der Waals surface area contributed by atoms with Gasteiger partial charge in [-0.2, -0.15) is 0 Å². The van der Waals surface area contributed by atoms with Gasteiger partial charge in [0, 0.05) is 35.2 Å². The molecule has 1 aliphatic rings. The summed E-state index contributed by atoms with van der Waals surface area (Å²) >= 11 is 0. The first kappa shape index (κ1) is 13.1. The van der Waals surface area contributed by atoms with Crippen LogP contribution in [0.2, 0.25) is 0 Å². The van der Waals surface area contributed by atoms with Gasteiger partial charge in [-0.1, -0.05) is 24.3 Å². The van der Waals surface area contributed by atoms with E-state index in [1.165, 1.54) is 11.1 Å². The van der Waals surface area contributed by atoms with Crippen LogP contribution in [0.15, 0.2) is 48.5 Å². The molecule has 1 aliphatic heterocycles. The van der Waals surface area contributed by atoms with Crippen LogP contribution in [0, 0.1) is 6.92 Å². The van der Waals surface area contributed by atoms with E-state index in [4.69, 9.17) is 0 Å². The number of H-pyrrole nitrogens is 1. The maximum atomic E-state index is 12.8. The number of hydrogen-bond acceptors (Lipinski definition) is 1. The Hall–Kier alpha value is -2.55. The summed E-state index contributed by atoms with van der Waals surface area (Å²) in [5, 5.41) is 1.10. The summed E-state index contributed by atoms with van der Waals surface area (Å²) in [6, 6.07) is 16.4. The first-order valence-electron chi connectivity index (χ1n) is 7.66. The van der Waals surface area contributed by atoms with Gasteiger partial charge < -0.3 is 9.88 Å². The fourth-order valence-electron chi connectivity index (χ4n) is 3.26. The minimum absolute atomic E-state index is 0.121. The number of rotatable bonds is 1. The summed E-state index contributed by atoms with van der Waals surface area (Å²) in [4.78, 5) is 18.0. The highest BCUT2D eigenvalue weighted by molar-refractivity contribution is 5.98. The molecule has 0 saturated carbocycles. The van der Waals surface area contributed by atoms with Gasteiger partial charge in [0.25, 0.3) is 5.91 Å². The number of carbonyl (C=O) groups is 1. The van der Waals surface area contributed by atoms with E-state index in [1.54, 1.807) is 0 Å². The smallest absolute Gasteiger partial charge is 0.254 e. The largest absolute Gasteiger partial charge is 0.359 e. The third-order valence-electron chi connectivity index (χ3n) is 4.42. The summed E-state index contributed by atoms with van der Waals surface area (Å²) in [5.74, 6) is 0.121. The minimum atomic E-state index is 0.121. The first-order valence-corrected chi connectivity index (χ1v) is 7.66. The van der Waals surface area contributed by atoms with Crippen LogP contribution in [0.4, 0.5) is 0 Å². The highest BCUT2D eigenvalue weighted by atomic mass is 16.2. The van der Waals surface area contributed by atoms with Crippen LogP contribution in [0.1, 0.15) is 27.2 Å². The summed E-state index contributed by atoms with van der Waals surface area (Å²) in [6.07, 6.45) is 0.938. The zero-order valence-electron chi connectivity index (χ0n) is 12.6. The van der Waals surface area contributed by atoms with Crippen molar-refractivity contribution in [2.24, 2.45) is 0 Å². The van der Waals surface area contributed by atoms with Crippen LogP contribution in [0.3, 0.4) is 0 Å². The monoisotopic (exact) mass is 290 g/mol. The van der Waals surface area contributed by atoms with E-state index in [9.17, 15) is 4.79 Å². The number of fused-ring (bicyclic) bond motifs is 2. The number of aromatic nitrogens is 1. The molecule has 0 bridgehead atoms. The molecule has 22 heavy (non-hydrogen) atoms. The second-order valence-corrected chi connectivity index (χ2v) is 6.00. The Labute approximate surface area is 129 Å². The summed E-state index contributed by atoms with van der Waals surface area (Å²) < 4.78 is 0. The number of aromatic amines is 1. The van der Waals surface area contributed by atoms with Crippen molar-refractivity contribution < 1.29 is 4.79 Å². The van der Waals surface area contributed by atoms with E-state index in [1.807, 2.05) is 36.1 Å². The van der Waals surface area contributed by atoms with Gasteiger partial charge >= 0.3 is 0 Å². The first-order chi connectivity index (χ1) is 10.7. The van der Waals surface area contributed by atoms with E-state index in [2.05, 4.69) is 29.2 Å². The predicted molar refractivity (Wildman–Crippen MR) is 87.9 cm³/mol. The molecule has 3 heteroatoms. The normalized spacial score (nSPS) is 14.1. The molecule has 110 valence electrons. The maximum Gasteiger partial charge on any atom is 0.254 e. The molecule has 1 N–H and O–H groups in total. The van der Waals surface area contributed by atoms with Gasteiger partial charge in [-0.05, 0) is 48.7 Å². The van der Waals surface area contributed by atoms with Gasteiger partial charge in [0.2, 0.25) is 0 Å². The third kappa shape index (κ3) is 2.19. The Morgan fingerprint density at radius 1 is 1.09 bits per heavy atom. The average molecular weight is 290 g/mol. The highest BCUT2D eigenvalue weighted by Crippen LogP contribution is 2.22. The molecular formula is C19H18N2O. The van der Waals surface area contributed by atoms with Gasteiger partial charge in [-0.25, -0.2) is 0 Å². The fourth-order valence-corrected chi connectivity index (χ4v) is 3.26. The van der Waals surface area contributed by atoms with E-state index in [0.29, 0.717) is 6.54 Å². The number of amides is 1. The number of aryl methyl sites for hydroxylation is 1. The van der Waals surface area contributed by atoms with Gasteiger partial charge in [0.15, 0.2) is 0 Å². The van der Waals surface area contributed by atoms with Crippen LogP contribution in [0.5, 0.6) is 0 Å². The Morgan fingerprint density at radius 3 is 2.77 bits per heavy atom. The minimum Gasteiger partial charge on any atom is -0.359 e. The van der Waals surface area contributed by atoms with Crippen molar-refractivity contribution in [2.75, 3.05) is 6.54 Å². The quantitative estimate of drug-likeness (QED) is 0.729. The molecule has 1 amide bonds. The summed E-state index contributed by atoms with van der Waals surface area (Å²) in [7, 11) is 0. The maximum absolute atomic E-state index is 12.8. The number of nitrogens with one attached hydrogen (secondary N) is 1. The van der Waals surface area contributed by atoms with Crippen LogP contribution in [-0.2, 0) is 13.0 Å². The number of nitrogens with zero attached hydrogens (tertiary/aromatic N) is 1. The zero-order valence-corrected chi connectivity index (χ0v) is 12.6. The molecule has 4 rings (SSSR count). The lowest BCUT2D eigenvalue weighted by Gasteiger charge is -2.29. The van der Waals surface area contributed by atoms with Crippen molar-refractivity contribution >= 4 is 16.8 Å². The molecule has 0 aliphatic carbocycles. The summed E-state index contributed by atoms with van der Waals surface area (Å²) in [6.45, 7) is 3.53. The third-order valence-corrected chi connectivity index (χ3v) is 4.42. The van der Waals surface area contributed by atoms with Crippen LogP contribution < -0.4 is 0 Å². The number of carbonyl (C=O) groups excluding carboxylic acids is 1. The number of benzene rings is 2. The molecule has 2 heterocycles. The van der Waals surface area contributed by atoms with Crippen molar-refractivity contribution in [1.29, 1.82) is 0 Å². The van der Waals surface area contributed by atoms with Gasteiger partial charge in [-0.15, -0.1) is 0 Å². The van der Waals surface area contributed by atoms with Gasteiger partial charge in [0.1, 0.15) is 0 Å². The zero-order chi connectivity index (χ0) is 15.1. The number of hydrogen-bond donors (Lipinski definition) is 1. The van der Waals surface area contributed by atoms with Crippen LogP contribution >= 0.6 is 0 Å². The Kier molecular flexibility index (Phi) is 3.00. The van der Waals surface area contributed by atoms with E-state index >= 15 is 0 Å². The molecule has 0 spiro atoms. The van der Waals surface area contributed by atoms with Crippen molar-refractivity contribution in [3.05, 3.63) is 70.9 Å². The predicted octanol–water partition coefficient (Wildman–Crippen LogP) is 3.67. The van der Waals surface area contributed by atoms with Gasteiger partial charge in [-0.3, -0.25) is 4.79 Å². The molecule has 3 aromatic rings. The molecule has 2 aromatic carbocycles. The topological polar surface area (TPSA) is 36.1 Å². The Morgan fingerprint density at radius 2 is 1.91 bits per heavy atom. The molecule has 3 nitrogen and oxygen atoms in total. The standard InChI is InChI=1S/C19H18N2O/c1-13-10-17-11-15(6-7-18(17)20-13)19(22)21-9-8-14-4-2-3-5-16(14)12-21/h2-7,10-11,20H,8-9,12H2,1H3. The van der Waals surface area contributed by atoms with Crippen LogP contribution in [0.25, 0.3) is 10.9 Å². The van der Waals surface area contributed by atoms with E-state index in [0.717, 1.165) is 35.1 Å². The molecule has 0 unspecified atom stereocenters. The Balaban J connectivity index is 1.63. The Bertz CT molecular complexity index is 863. The van der Waals surface area contributed by atoms with Crippen molar-refractivity contribution in [1.82, 2.24) is 9.88 Å². The van der Waals surface area contributed by atoms with E-state index in [-0.39, 0.29) is 5.91 Å². The summed E-state index contributed by atoms with van der Waals surface area (Å²) in [5.41, 5.74) is 5.60. The SMILES string of the molecule is Cc1cc2cc(C(=O)N3CCc4ccccc4C3)ccc2[nH]1. The lowest BCUT2D eigenvalue weighted by Crippen LogP contribution is -2.35. The second kappa shape index (κ2) is 5.02. The molecular weight excluding hydrogens is 272 g/mol. The molecule has 0 atom stereocenters. The molecule has 0 radical (unpaired) electrons. The average Bonchev–Trinajstić information content (AvgIpc) is 2.92. The fraction of sp³-hybridized carbons (Fsp3) is 0.211. The van der Waals surface area contributed by atoms with Crippen molar-refractivity contribution in [3.63, 3.8) is 0 Å². The van der Waals surface area contributed by atoms with Crippen LogP contribution in [-0.4, -0.2) is 22.3 Å². The van der Waals surface area contributed by atoms with Crippen molar-refractivity contribution in [3.8, 4) is 0 Å². The molecule has 0 fully saturated rings. The molecule has 1 aromatic heterocycles. The second-order valence-electron chi connectivity index (χ2n) is 6.00. The van der Waals surface area contributed by atoms with Crippen molar-refractivity contribution in [2.45, 2.75) is 19.9 Å². The van der Waals surface area contributed by atoms with Gasteiger partial charge in [0.05, 0.1) is 0 Å². The molecule has 0 saturated heterocycles.